The fourth-order valence-electron chi connectivity index (χ4n) is 2.28. The first-order valence-electron chi connectivity index (χ1n) is 6.91. The number of ether oxygens (including phenoxy) is 1. The van der Waals surface area contributed by atoms with Crippen LogP contribution in [0.3, 0.4) is 0 Å². The van der Waals surface area contributed by atoms with Crippen molar-refractivity contribution in [1.82, 2.24) is 9.62 Å². The lowest BCUT2D eigenvalue weighted by Gasteiger charge is -2.42. The first kappa shape index (κ1) is 17.4. The van der Waals surface area contributed by atoms with Crippen LogP contribution in [0, 0.1) is 0 Å². The molecule has 0 aliphatic heterocycles. The molecule has 0 amide bonds. The Balaban J connectivity index is 2.31. The van der Waals surface area contributed by atoms with Gasteiger partial charge in [0.1, 0.15) is 0 Å². The molecule has 2 N–H and O–H groups in total. The number of hydrogen-bond donors (Lipinski definition) is 2. The Labute approximate surface area is 120 Å². The number of carbonyl (C=O) groups is 1. The van der Waals surface area contributed by atoms with E-state index in [0.717, 1.165) is 0 Å². The van der Waals surface area contributed by atoms with E-state index in [1.165, 1.54) is 0 Å². The van der Waals surface area contributed by atoms with Gasteiger partial charge < -0.3 is 9.84 Å². The second-order valence-electron chi connectivity index (χ2n) is 4.91. The molecule has 20 heavy (non-hydrogen) atoms. The number of aliphatic carboxylic acids is 1. The Morgan fingerprint density at radius 1 is 1.40 bits per heavy atom. The van der Waals surface area contributed by atoms with Gasteiger partial charge in [0, 0.05) is 18.7 Å². The van der Waals surface area contributed by atoms with Crippen molar-refractivity contribution in [2.75, 3.05) is 32.1 Å². The lowest BCUT2D eigenvalue weighted by Crippen LogP contribution is -2.55. The van der Waals surface area contributed by atoms with E-state index >= 15 is 0 Å². The Morgan fingerprint density at radius 2 is 2.05 bits per heavy atom. The van der Waals surface area contributed by atoms with Crippen LogP contribution in [-0.2, 0) is 19.6 Å². The van der Waals surface area contributed by atoms with E-state index < -0.39 is 16.0 Å². The molecule has 0 unspecified atom stereocenters. The molecule has 1 aliphatic carbocycles. The van der Waals surface area contributed by atoms with E-state index in [1.807, 2.05) is 18.7 Å². The summed E-state index contributed by atoms with van der Waals surface area (Å²) in [4.78, 5) is 12.6. The summed E-state index contributed by atoms with van der Waals surface area (Å²) in [7, 11) is -3.30. The molecule has 118 valence electrons. The lowest BCUT2D eigenvalue weighted by molar-refractivity contribution is -0.139. The fraction of sp³-hybridized carbons (Fsp3) is 0.917. The molecule has 0 atom stereocenters. The van der Waals surface area contributed by atoms with E-state index in [-0.39, 0.29) is 31.0 Å². The van der Waals surface area contributed by atoms with Crippen molar-refractivity contribution in [1.29, 1.82) is 0 Å². The van der Waals surface area contributed by atoms with Gasteiger partial charge in [0.05, 0.1) is 18.9 Å². The van der Waals surface area contributed by atoms with Crippen LogP contribution in [0.4, 0.5) is 0 Å². The van der Waals surface area contributed by atoms with Gasteiger partial charge in [-0.2, -0.15) is 0 Å². The van der Waals surface area contributed by atoms with Crippen molar-refractivity contribution >= 4 is 16.0 Å². The van der Waals surface area contributed by atoms with Crippen molar-refractivity contribution in [2.24, 2.45) is 0 Å². The van der Waals surface area contributed by atoms with Crippen LogP contribution in [0.5, 0.6) is 0 Å². The van der Waals surface area contributed by atoms with E-state index in [2.05, 4.69) is 4.72 Å². The van der Waals surface area contributed by atoms with Gasteiger partial charge in [-0.1, -0.05) is 6.92 Å². The number of nitrogens with one attached hydrogen (secondary N) is 1. The summed E-state index contributed by atoms with van der Waals surface area (Å²) in [6.45, 7) is 5.08. The average Bonchev–Trinajstić information content (AvgIpc) is 2.30. The molecule has 1 aliphatic rings. The van der Waals surface area contributed by atoms with Crippen LogP contribution in [0.1, 0.15) is 26.7 Å². The van der Waals surface area contributed by atoms with Crippen LogP contribution in [0.15, 0.2) is 0 Å². The molecule has 0 aromatic rings. The molecule has 7 nitrogen and oxygen atoms in total. The Morgan fingerprint density at radius 3 is 2.55 bits per heavy atom. The number of likely N-dealkylation sites (N-methyl/N-ethyl adjacent to an activating group) is 1. The molecular formula is C12H24N2O5S. The molecule has 1 fully saturated rings. The summed E-state index contributed by atoms with van der Waals surface area (Å²) in [5.74, 6) is -0.887. The molecule has 0 bridgehead atoms. The first-order chi connectivity index (χ1) is 9.38. The molecule has 1 rings (SSSR count). The minimum Gasteiger partial charge on any atom is -0.480 e. The average molecular weight is 308 g/mol. The molecular weight excluding hydrogens is 284 g/mol. The van der Waals surface area contributed by atoms with E-state index in [0.29, 0.717) is 26.0 Å². The van der Waals surface area contributed by atoms with E-state index in [4.69, 9.17) is 9.84 Å². The highest BCUT2D eigenvalue weighted by Crippen LogP contribution is 2.26. The molecule has 0 saturated heterocycles. The minimum atomic E-state index is -3.30. The predicted octanol–water partition coefficient (Wildman–Crippen LogP) is -0.120. The summed E-state index contributed by atoms with van der Waals surface area (Å²) in [5.41, 5.74) is 0. The summed E-state index contributed by atoms with van der Waals surface area (Å²) in [6, 6.07) is 0.0603. The zero-order chi connectivity index (χ0) is 15.2. The minimum absolute atomic E-state index is 0.00494. The summed E-state index contributed by atoms with van der Waals surface area (Å²) >= 11 is 0. The molecule has 0 aromatic carbocycles. The van der Waals surface area contributed by atoms with Crippen LogP contribution in [0.25, 0.3) is 0 Å². The maximum Gasteiger partial charge on any atom is 0.317 e. The third-order valence-corrected chi connectivity index (χ3v) is 4.82. The molecule has 1 saturated carbocycles. The molecule has 0 spiro atoms. The topological polar surface area (TPSA) is 95.9 Å². The Bertz CT molecular complexity index is 406. The zero-order valence-corrected chi connectivity index (χ0v) is 12.9. The van der Waals surface area contributed by atoms with Gasteiger partial charge in [0.15, 0.2) is 0 Å². The van der Waals surface area contributed by atoms with Crippen LogP contribution >= 0.6 is 0 Å². The van der Waals surface area contributed by atoms with Gasteiger partial charge >= 0.3 is 5.97 Å². The number of nitrogens with zero attached hydrogens (tertiary/aromatic N) is 1. The van der Waals surface area contributed by atoms with Crippen LogP contribution in [-0.4, -0.2) is 68.5 Å². The first-order valence-corrected chi connectivity index (χ1v) is 8.56. The van der Waals surface area contributed by atoms with Gasteiger partial charge in [-0.25, -0.2) is 13.1 Å². The summed E-state index contributed by atoms with van der Waals surface area (Å²) < 4.78 is 31.1. The van der Waals surface area contributed by atoms with Crippen molar-refractivity contribution in [2.45, 2.75) is 38.8 Å². The number of hydrogen-bond acceptors (Lipinski definition) is 5. The fourth-order valence-corrected chi connectivity index (χ4v) is 3.44. The summed E-state index contributed by atoms with van der Waals surface area (Å²) in [5, 5.41) is 8.79. The number of carboxylic acids is 1. The van der Waals surface area contributed by atoms with E-state index in [1.54, 1.807) is 0 Å². The molecule has 8 heteroatoms. The maximum absolute atomic E-state index is 11.7. The maximum atomic E-state index is 11.7. The third kappa shape index (κ3) is 5.74. The Kier molecular flexibility index (Phi) is 6.87. The predicted molar refractivity (Wildman–Crippen MR) is 75.1 cm³/mol. The quantitative estimate of drug-likeness (QED) is 0.546. The molecule has 0 heterocycles. The van der Waals surface area contributed by atoms with Gasteiger partial charge in [-0.3, -0.25) is 9.69 Å². The largest absolute Gasteiger partial charge is 0.480 e. The van der Waals surface area contributed by atoms with Crippen LogP contribution in [0.2, 0.25) is 0 Å². The molecule has 0 radical (unpaired) electrons. The Hall–Kier alpha value is -0.700. The standard InChI is InChI=1S/C12H24N2O5S/c1-3-14(9-12(15)16)11-7-10(8-11)13-20(17,18)6-5-19-4-2/h10-11,13H,3-9H2,1-2H3,(H,15,16). The second kappa shape index (κ2) is 7.92. The normalized spacial score (nSPS) is 22.8. The van der Waals surface area contributed by atoms with E-state index in [9.17, 15) is 13.2 Å². The van der Waals surface area contributed by atoms with Gasteiger partial charge in [-0.15, -0.1) is 0 Å². The lowest BCUT2D eigenvalue weighted by atomic mass is 9.86. The monoisotopic (exact) mass is 308 g/mol. The highest BCUT2D eigenvalue weighted by Gasteiger charge is 2.35. The second-order valence-corrected chi connectivity index (χ2v) is 6.79. The third-order valence-electron chi connectivity index (χ3n) is 3.42. The van der Waals surface area contributed by atoms with Crippen molar-refractivity contribution in [3.05, 3.63) is 0 Å². The number of rotatable bonds is 10. The number of carboxylic acid groups (broad SMARTS) is 1. The molecule has 0 aromatic heterocycles. The smallest absolute Gasteiger partial charge is 0.317 e. The van der Waals surface area contributed by atoms with Crippen molar-refractivity contribution in [3.8, 4) is 0 Å². The zero-order valence-electron chi connectivity index (χ0n) is 12.0. The summed E-state index contributed by atoms with van der Waals surface area (Å²) in [6.07, 6.45) is 1.32. The van der Waals surface area contributed by atoms with Crippen molar-refractivity contribution < 1.29 is 23.1 Å². The SMILES string of the molecule is CCOCCS(=O)(=O)NC1CC(N(CC)CC(=O)O)C1. The highest BCUT2D eigenvalue weighted by atomic mass is 32.2. The van der Waals surface area contributed by atoms with Crippen molar-refractivity contribution in [3.63, 3.8) is 0 Å². The van der Waals surface area contributed by atoms with Gasteiger partial charge in [0.25, 0.3) is 0 Å². The number of sulfonamides is 1. The van der Waals surface area contributed by atoms with Gasteiger partial charge in [0.2, 0.25) is 10.0 Å². The highest BCUT2D eigenvalue weighted by molar-refractivity contribution is 7.89. The van der Waals surface area contributed by atoms with Gasteiger partial charge in [-0.05, 0) is 26.3 Å². The van der Waals surface area contributed by atoms with Crippen LogP contribution < -0.4 is 4.72 Å².